The summed E-state index contributed by atoms with van der Waals surface area (Å²) in [7, 11) is 0. The molecule has 0 aliphatic rings. The molecule has 6 heteroatoms. The summed E-state index contributed by atoms with van der Waals surface area (Å²) in [5.74, 6) is -1.00. The fourth-order valence-electron chi connectivity index (χ4n) is 1.87. The zero-order valence-corrected chi connectivity index (χ0v) is 11.3. The predicted molar refractivity (Wildman–Crippen MR) is 78.2 cm³/mol. The average Bonchev–Trinajstić information content (AvgIpc) is 2.49. The summed E-state index contributed by atoms with van der Waals surface area (Å²) in [5.41, 5.74) is 0.646. The van der Waals surface area contributed by atoms with Crippen LogP contribution in [0.1, 0.15) is 18.4 Å². The third-order valence-electron chi connectivity index (χ3n) is 3.14. The highest BCUT2D eigenvalue weighted by atomic mass is 16.6. The minimum atomic E-state index is -0.588. The first kappa shape index (κ1) is 14.5. The first-order chi connectivity index (χ1) is 9.99. The molecule has 2 rings (SSSR count). The molecule has 0 aliphatic carbocycles. The maximum Gasteiger partial charge on any atom is 0.271 e. The molecule has 2 aromatic rings. The van der Waals surface area contributed by atoms with Crippen LogP contribution in [-0.2, 0) is 4.79 Å². The van der Waals surface area contributed by atoms with Gasteiger partial charge in [-0.1, -0.05) is 30.3 Å². The Balaban J connectivity index is 2.20. The van der Waals surface area contributed by atoms with Gasteiger partial charge in [0.25, 0.3) is 5.69 Å². The fourth-order valence-corrected chi connectivity index (χ4v) is 1.87. The van der Waals surface area contributed by atoms with Crippen molar-refractivity contribution in [3.05, 3.63) is 64.2 Å². The molecule has 0 radical (unpaired) electrons. The largest absolute Gasteiger partial charge is 0.506 e. The van der Waals surface area contributed by atoms with Gasteiger partial charge in [-0.05, 0) is 18.6 Å². The summed E-state index contributed by atoms with van der Waals surface area (Å²) in [6.45, 7) is 1.72. The van der Waals surface area contributed by atoms with Gasteiger partial charge in [0.05, 0.1) is 16.5 Å². The molecular weight excluding hydrogens is 272 g/mol. The van der Waals surface area contributed by atoms with Crippen molar-refractivity contribution in [1.82, 2.24) is 0 Å². The lowest BCUT2D eigenvalue weighted by molar-refractivity contribution is -0.384. The van der Waals surface area contributed by atoms with Crippen LogP contribution < -0.4 is 5.32 Å². The molecule has 0 saturated carbocycles. The monoisotopic (exact) mass is 286 g/mol. The highest BCUT2D eigenvalue weighted by Crippen LogP contribution is 2.29. The number of carbonyl (C=O) groups excluding carboxylic acids is 1. The molecule has 0 bridgehead atoms. The number of rotatable bonds is 4. The van der Waals surface area contributed by atoms with E-state index in [1.165, 1.54) is 12.1 Å². The van der Waals surface area contributed by atoms with Crippen molar-refractivity contribution in [2.75, 3.05) is 5.32 Å². The average molecular weight is 286 g/mol. The van der Waals surface area contributed by atoms with Crippen LogP contribution in [0.5, 0.6) is 5.75 Å². The zero-order chi connectivity index (χ0) is 15.4. The summed E-state index contributed by atoms with van der Waals surface area (Å²) in [6.07, 6.45) is 0. The number of hydrogen-bond donors (Lipinski definition) is 2. The van der Waals surface area contributed by atoms with E-state index in [0.717, 1.165) is 11.6 Å². The van der Waals surface area contributed by atoms with Gasteiger partial charge in [-0.2, -0.15) is 0 Å². The van der Waals surface area contributed by atoms with Crippen LogP contribution >= 0.6 is 0 Å². The molecule has 0 aliphatic heterocycles. The summed E-state index contributed by atoms with van der Waals surface area (Å²) in [6, 6.07) is 12.6. The van der Waals surface area contributed by atoms with Gasteiger partial charge in [0, 0.05) is 12.1 Å². The van der Waals surface area contributed by atoms with Gasteiger partial charge in [0.2, 0.25) is 5.91 Å². The Morgan fingerprint density at radius 2 is 1.90 bits per heavy atom. The van der Waals surface area contributed by atoms with Crippen molar-refractivity contribution in [2.45, 2.75) is 12.8 Å². The van der Waals surface area contributed by atoms with E-state index in [0.29, 0.717) is 0 Å². The number of phenols is 1. The topological polar surface area (TPSA) is 92.5 Å². The molecule has 0 fully saturated rings. The van der Waals surface area contributed by atoms with E-state index < -0.39 is 10.8 Å². The zero-order valence-electron chi connectivity index (χ0n) is 11.3. The Kier molecular flexibility index (Phi) is 4.18. The van der Waals surface area contributed by atoms with Crippen LogP contribution in [0.3, 0.4) is 0 Å². The highest BCUT2D eigenvalue weighted by Gasteiger charge is 2.18. The van der Waals surface area contributed by atoms with Crippen LogP contribution in [0.25, 0.3) is 0 Å². The highest BCUT2D eigenvalue weighted by molar-refractivity contribution is 5.97. The molecule has 6 nitrogen and oxygen atoms in total. The van der Waals surface area contributed by atoms with E-state index in [2.05, 4.69) is 5.32 Å². The minimum absolute atomic E-state index is 0.0250. The first-order valence-electron chi connectivity index (χ1n) is 6.32. The third kappa shape index (κ3) is 3.36. The predicted octanol–water partition coefficient (Wildman–Crippen LogP) is 3.04. The van der Waals surface area contributed by atoms with E-state index in [-0.39, 0.29) is 23.0 Å². The first-order valence-corrected chi connectivity index (χ1v) is 6.32. The number of benzene rings is 2. The van der Waals surface area contributed by atoms with Crippen molar-refractivity contribution in [2.24, 2.45) is 0 Å². The van der Waals surface area contributed by atoms with Crippen LogP contribution in [0.15, 0.2) is 48.5 Å². The van der Waals surface area contributed by atoms with Crippen LogP contribution in [0, 0.1) is 10.1 Å². The van der Waals surface area contributed by atoms with Crippen LogP contribution in [0.4, 0.5) is 11.4 Å². The van der Waals surface area contributed by atoms with E-state index in [9.17, 15) is 20.0 Å². The summed E-state index contributed by atoms with van der Waals surface area (Å²) < 4.78 is 0. The van der Waals surface area contributed by atoms with Crippen molar-refractivity contribution in [3.8, 4) is 5.75 Å². The van der Waals surface area contributed by atoms with Gasteiger partial charge in [-0.3, -0.25) is 14.9 Å². The third-order valence-corrected chi connectivity index (χ3v) is 3.14. The lowest BCUT2D eigenvalue weighted by atomic mass is 10.0. The number of aromatic hydroxyl groups is 1. The lowest BCUT2D eigenvalue weighted by Gasteiger charge is -2.13. The molecular formula is C15H14N2O4. The number of hydrogen-bond acceptors (Lipinski definition) is 4. The van der Waals surface area contributed by atoms with Gasteiger partial charge < -0.3 is 10.4 Å². The number of nitrogens with zero attached hydrogens (tertiary/aromatic N) is 1. The maximum absolute atomic E-state index is 12.2. The number of amides is 1. The molecule has 2 N–H and O–H groups in total. The van der Waals surface area contributed by atoms with Crippen LogP contribution in [-0.4, -0.2) is 15.9 Å². The quantitative estimate of drug-likeness (QED) is 0.513. The number of non-ortho nitro benzene ring substituents is 1. The Morgan fingerprint density at radius 3 is 2.52 bits per heavy atom. The van der Waals surface area contributed by atoms with Crippen molar-refractivity contribution in [1.29, 1.82) is 0 Å². The van der Waals surface area contributed by atoms with Gasteiger partial charge in [0.15, 0.2) is 0 Å². The second-order valence-corrected chi connectivity index (χ2v) is 4.58. The normalized spacial score (nSPS) is 11.7. The smallest absolute Gasteiger partial charge is 0.271 e. The minimum Gasteiger partial charge on any atom is -0.506 e. The Labute approximate surface area is 121 Å². The number of carbonyl (C=O) groups is 1. The van der Waals surface area contributed by atoms with Gasteiger partial charge in [-0.15, -0.1) is 0 Å². The lowest BCUT2D eigenvalue weighted by Crippen LogP contribution is -2.18. The van der Waals surface area contributed by atoms with Crippen molar-refractivity contribution in [3.63, 3.8) is 0 Å². The molecule has 21 heavy (non-hydrogen) atoms. The Hall–Kier alpha value is -2.89. The van der Waals surface area contributed by atoms with Crippen LogP contribution in [0.2, 0.25) is 0 Å². The molecule has 0 spiro atoms. The molecule has 108 valence electrons. The Morgan fingerprint density at radius 1 is 1.24 bits per heavy atom. The number of nitro benzene ring substituents is 1. The molecule has 0 unspecified atom stereocenters. The molecule has 0 heterocycles. The maximum atomic E-state index is 12.2. The van der Waals surface area contributed by atoms with Crippen molar-refractivity contribution < 1.29 is 14.8 Å². The van der Waals surface area contributed by atoms with E-state index in [1.807, 2.05) is 30.3 Å². The molecule has 1 amide bonds. The van der Waals surface area contributed by atoms with E-state index in [1.54, 1.807) is 6.92 Å². The SMILES string of the molecule is C[C@@H](C(=O)Nc1cc([N+](=O)[O-])ccc1O)c1ccccc1. The standard InChI is InChI=1S/C15H14N2O4/c1-10(11-5-3-2-4-6-11)15(19)16-13-9-12(17(20)21)7-8-14(13)18/h2-10,18H,1H3,(H,16,19)/t10-/m1/s1. The van der Waals surface area contributed by atoms with Gasteiger partial charge in [-0.25, -0.2) is 0 Å². The van der Waals surface area contributed by atoms with Crippen molar-refractivity contribution >= 4 is 17.3 Å². The second-order valence-electron chi connectivity index (χ2n) is 4.58. The van der Waals surface area contributed by atoms with E-state index >= 15 is 0 Å². The molecule has 1 atom stereocenters. The fraction of sp³-hybridized carbons (Fsp3) is 0.133. The Bertz CT molecular complexity index is 671. The van der Waals surface area contributed by atoms with Gasteiger partial charge in [0.1, 0.15) is 5.75 Å². The molecule has 0 aromatic heterocycles. The molecule has 0 saturated heterocycles. The summed E-state index contributed by atoms with van der Waals surface area (Å²) in [5, 5.41) is 22.9. The van der Waals surface area contributed by atoms with Gasteiger partial charge >= 0.3 is 0 Å². The number of nitro groups is 1. The second kappa shape index (κ2) is 6.04. The summed E-state index contributed by atoms with van der Waals surface area (Å²) >= 11 is 0. The number of phenolic OH excluding ortho intramolecular Hbond substituents is 1. The summed E-state index contributed by atoms with van der Waals surface area (Å²) in [4.78, 5) is 22.3. The van der Waals surface area contributed by atoms with E-state index in [4.69, 9.17) is 0 Å². The molecule has 2 aromatic carbocycles. The number of nitrogens with one attached hydrogen (secondary N) is 1. The number of anilines is 1.